The smallest absolute Gasteiger partial charge is 0.305 e. The van der Waals surface area contributed by atoms with Crippen LogP contribution in [0.25, 0.3) is 0 Å². The van der Waals surface area contributed by atoms with Gasteiger partial charge < -0.3 is 19.5 Å². The third kappa shape index (κ3) is 4.84. The number of fused-ring (bicyclic) bond motifs is 4. The van der Waals surface area contributed by atoms with Gasteiger partial charge in [0.2, 0.25) is 0 Å². The molecule has 1 aliphatic heterocycles. The molecule has 1 saturated heterocycles. The fourth-order valence-corrected chi connectivity index (χ4v) is 8.44. The van der Waals surface area contributed by atoms with Crippen LogP contribution >= 0.6 is 0 Å². The molecule has 0 aromatic rings. The summed E-state index contributed by atoms with van der Waals surface area (Å²) >= 11 is 0. The lowest BCUT2D eigenvalue weighted by molar-refractivity contribution is -0.164. The summed E-state index contributed by atoms with van der Waals surface area (Å²) in [7, 11) is 1.44. The second-order valence-corrected chi connectivity index (χ2v) is 12.2. The van der Waals surface area contributed by atoms with E-state index in [0.29, 0.717) is 24.2 Å². The van der Waals surface area contributed by atoms with Gasteiger partial charge in [-0.1, -0.05) is 31.9 Å². The predicted octanol–water partition coefficient (Wildman–Crippen LogP) is 4.72. The van der Waals surface area contributed by atoms with Crippen molar-refractivity contribution in [2.45, 2.75) is 111 Å². The van der Waals surface area contributed by atoms with Crippen LogP contribution in [-0.2, 0) is 28.6 Å². The van der Waals surface area contributed by atoms with Gasteiger partial charge in [-0.15, -0.1) is 0 Å². The van der Waals surface area contributed by atoms with Crippen molar-refractivity contribution in [3.63, 3.8) is 0 Å². The Morgan fingerprint density at radius 3 is 2.47 bits per heavy atom. The number of piperidine rings is 1. The van der Waals surface area contributed by atoms with Crippen LogP contribution in [0.5, 0.6) is 0 Å². The van der Waals surface area contributed by atoms with Crippen LogP contribution in [0.1, 0.15) is 92.4 Å². The monoisotopic (exact) mass is 503 g/mol. The van der Waals surface area contributed by atoms with E-state index < -0.39 is 0 Å². The molecule has 7 nitrogen and oxygen atoms in total. The summed E-state index contributed by atoms with van der Waals surface area (Å²) in [5.41, 5.74) is 2.80. The molecule has 1 N–H and O–H groups in total. The average Bonchev–Trinajstić information content (AvgIpc) is 2.82. The lowest BCUT2D eigenvalue weighted by Gasteiger charge is -2.61. The van der Waals surface area contributed by atoms with Gasteiger partial charge in [-0.25, -0.2) is 0 Å². The molecular formula is C29H45NO6. The first-order valence-corrected chi connectivity index (χ1v) is 13.9. The Balaban J connectivity index is 1.67. The fourth-order valence-electron chi connectivity index (χ4n) is 8.44. The molecular weight excluding hydrogens is 458 g/mol. The highest BCUT2D eigenvalue weighted by molar-refractivity contribution is 5.69. The number of hydrogen-bond acceptors (Lipinski definition) is 7. The molecule has 0 radical (unpaired) electrons. The summed E-state index contributed by atoms with van der Waals surface area (Å²) < 4.78 is 16.7. The van der Waals surface area contributed by atoms with Gasteiger partial charge in [0.25, 0.3) is 0 Å². The highest BCUT2D eigenvalue weighted by Gasteiger charge is 2.59. The summed E-state index contributed by atoms with van der Waals surface area (Å²) in [6.07, 6.45) is 7.67. The van der Waals surface area contributed by atoms with Gasteiger partial charge in [0, 0.05) is 38.1 Å². The van der Waals surface area contributed by atoms with E-state index in [1.54, 1.807) is 0 Å². The zero-order valence-corrected chi connectivity index (χ0v) is 23.0. The van der Waals surface area contributed by atoms with Crippen molar-refractivity contribution in [2.24, 2.45) is 28.6 Å². The van der Waals surface area contributed by atoms with Gasteiger partial charge >= 0.3 is 17.9 Å². The first-order chi connectivity index (χ1) is 17.0. The zero-order chi connectivity index (χ0) is 26.3. The van der Waals surface area contributed by atoms with Crippen molar-refractivity contribution < 1.29 is 28.6 Å². The number of methoxy groups -OCH3 is 1. The maximum absolute atomic E-state index is 12.4. The molecule has 0 aromatic carbocycles. The van der Waals surface area contributed by atoms with Crippen LogP contribution in [0.4, 0.5) is 0 Å². The van der Waals surface area contributed by atoms with Crippen molar-refractivity contribution in [2.75, 3.05) is 13.7 Å². The number of carbonyl (C=O) groups is 3. The highest BCUT2D eigenvalue weighted by Crippen LogP contribution is 2.62. The normalized spacial score (nSPS) is 38.7. The van der Waals surface area contributed by atoms with Crippen molar-refractivity contribution >= 4 is 17.9 Å². The Morgan fingerprint density at radius 1 is 1.08 bits per heavy atom. The quantitative estimate of drug-likeness (QED) is 0.318. The fraction of sp³-hybridized carbons (Fsp3) is 0.828. The summed E-state index contributed by atoms with van der Waals surface area (Å²) in [4.78, 5) is 35.8. The topological polar surface area (TPSA) is 90.9 Å². The van der Waals surface area contributed by atoms with Crippen LogP contribution in [0.2, 0.25) is 0 Å². The molecule has 7 heteroatoms. The Labute approximate surface area is 216 Å². The van der Waals surface area contributed by atoms with Crippen LogP contribution in [-0.4, -0.2) is 49.8 Å². The maximum atomic E-state index is 12.4. The van der Waals surface area contributed by atoms with Crippen molar-refractivity contribution in [1.82, 2.24) is 5.32 Å². The number of carbonyl (C=O) groups excluding carboxylic acids is 3. The van der Waals surface area contributed by atoms with Gasteiger partial charge in [0.05, 0.1) is 7.11 Å². The standard InChI is InChI=1S/C29H45NO6/c1-17(7-10-26(33)34-6)23-12-14-30-27-22-9-8-20-15-21(35-18(2)31)11-13-28(20,4)24(22)16-25(29(23,27)5)36-19(3)32/h17,20-21,23,25,27,30H,7-16H2,1-6H3/t17-,20-,21-,23-,25+,27+,28+,29+/m1/s1. The summed E-state index contributed by atoms with van der Waals surface area (Å²) in [6.45, 7) is 10.9. The highest BCUT2D eigenvalue weighted by atomic mass is 16.5. The van der Waals surface area contributed by atoms with E-state index in [1.807, 2.05) is 0 Å². The van der Waals surface area contributed by atoms with E-state index >= 15 is 0 Å². The molecule has 4 aliphatic rings. The Kier molecular flexibility index (Phi) is 7.89. The van der Waals surface area contributed by atoms with Crippen LogP contribution in [0.3, 0.4) is 0 Å². The van der Waals surface area contributed by atoms with Crippen molar-refractivity contribution in [3.8, 4) is 0 Å². The van der Waals surface area contributed by atoms with E-state index in [1.165, 1.54) is 32.1 Å². The van der Waals surface area contributed by atoms with E-state index in [-0.39, 0.29) is 47.0 Å². The average molecular weight is 504 g/mol. The molecule has 3 aliphatic carbocycles. The van der Waals surface area contributed by atoms with Crippen molar-refractivity contribution in [3.05, 3.63) is 11.1 Å². The minimum atomic E-state index is -0.240. The molecule has 1 saturated carbocycles. The second-order valence-electron chi connectivity index (χ2n) is 12.2. The molecule has 1 heterocycles. The minimum Gasteiger partial charge on any atom is -0.469 e. The molecule has 36 heavy (non-hydrogen) atoms. The summed E-state index contributed by atoms with van der Waals surface area (Å²) in [6, 6.07) is 0.161. The molecule has 4 rings (SSSR count). The lowest BCUT2D eigenvalue weighted by Crippen LogP contribution is -2.65. The molecule has 8 atom stereocenters. The molecule has 0 bridgehead atoms. The Morgan fingerprint density at radius 2 is 1.81 bits per heavy atom. The Hall–Kier alpha value is -1.89. The van der Waals surface area contributed by atoms with Gasteiger partial charge in [-0.3, -0.25) is 14.4 Å². The predicted molar refractivity (Wildman–Crippen MR) is 136 cm³/mol. The molecule has 2 fully saturated rings. The molecule has 0 spiro atoms. The zero-order valence-electron chi connectivity index (χ0n) is 23.0. The molecule has 0 unspecified atom stereocenters. The van der Waals surface area contributed by atoms with E-state index in [4.69, 9.17) is 14.2 Å². The van der Waals surface area contributed by atoms with Crippen LogP contribution < -0.4 is 5.32 Å². The van der Waals surface area contributed by atoms with Crippen LogP contribution in [0.15, 0.2) is 11.1 Å². The number of esters is 3. The first kappa shape index (κ1) is 27.2. The third-order valence-electron chi connectivity index (χ3n) is 10.3. The molecule has 0 aromatic heterocycles. The number of ether oxygens (including phenoxy) is 3. The Bertz CT molecular complexity index is 913. The summed E-state index contributed by atoms with van der Waals surface area (Å²) in [5.74, 6) is 0.517. The van der Waals surface area contributed by atoms with Gasteiger partial charge in [0.15, 0.2) is 0 Å². The van der Waals surface area contributed by atoms with E-state index in [0.717, 1.165) is 57.9 Å². The largest absolute Gasteiger partial charge is 0.469 e. The SMILES string of the molecule is COC(=O)CC[C@@H](C)[C@H]1CCN[C@H]2C3=C(C[C@H](OC(C)=O)[C@]12C)[C@@]1(C)CC[C@@H](OC(C)=O)C[C@H]1CC3. The lowest BCUT2D eigenvalue weighted by atomic mass is 9.48. The third-order valence-corrected chi connectivity index (χ3v) is 10.3. The summed E-state index contributed by atoms with van der Waals surface area (Å²) in [5, 5.41) is 3.86. The number of hydrogen-bond donors (Lipinski definition) is 1. The van der Waals surface area contributed by atoms with E-state index in [9.17, 15) is 14.4 Å². The maximum Gasteiger partial charge on any atom is 0.305 e. The van der Waals surface area contributed by atoms with Crippen LogP contribution in [0, 0.1) is 28.6 Å². The second kappa shape index (κ2) is 10.5. The van der Waals surface area contributed by atoms with Gasteiger partial charge in [-0.2, -0.15) is 0 Å². The van der Waals surface area contributed by atoms with Gasteiger partial charge in [-0.05, 0) is 74.7 Å². The van der Waals surface area contributed by atoms with Crippen molar-refractivity contribution in [1.29, 1.82) is 0 Å². The van der Waals surface area contributed by atoms with E-state index in [2.05, 4.69) is 26.1 Å². The molecule has 202 valence electrons. The minimum absolute atomic E-state index is 0.00805. The van der Waals surface area contributed by atoms with Gasteiger partial charge in [0.1, 0.15) is 12.2 Å². The number of nitrogens with one attached hydrogen (secondary N) is 1. The molecule has 0 amide bonds. The first-order valence-electron chi connectivity index (χ1n) is 13.9. The number of rotatable bonds is 6.